The summed E-state index contributed by atoms with van der Waals surface area (Å²) in [7, 11) is -3.11. The Labute approximate surface area is 188 Å². The second-order valence-electron chi connectivity index (χ2n) is 9.19. The van der Waals surface area contributed by atoms with Crippen LogP contribution in [0, 0.1) is 0 Å². The Hall–Kier alpha value is -1.33. The normalized spacial score (nSPS) is 28.0. The van der Waals surface area contributed by atoms with Crippen LogP contribution in [0.4, 0.5) is 0 Å². The van der Waals surface area contributed by atoms with Crippen molar-refractivity contribution in [2.24, 2.45) is 0 Å². The fourth-order valence-corrected chi connectivity index (χ4v) is 7.20. The fraction of sp³-hybridized carbons (Fsp3) is 0.714. The van der Waals surface area contributed by atoms with E-state index in [-0.39, 0.29) is 11.6 Å². The summed E-state index contributed by atoms with van der Waals surface area (Å²) in [4.78, 5) is 5.45. The summed E-state index contributed by atoms with van der Waals surface area (Å²) in [5, 5.41) is 8.63. The van der Waals surface area contributed by atoms with E-state index in [4.69, 9.17) is 4.74 Å². The van der Waals surface area contributed by atoms with Gasteiger partial charge in [-0.25, -0.2) is 13.1 Å². The number of hydrogen-bond donors (Lipinski definition) is 0. The molecule has 0 saturated carbocycles. The number of fused-ring (bicyclic) bond motifs is 2. The maximum absolute atomic E-state index is 11.6. The Morgan fingerprint density at radius 2 is 2.16 bits per heavy atom. The molecule has 0 amide bonds. The summed E-state index contributed by atoms with van der Waals surface area (Å²) < 4.78 is 32.9. The number of ether oxygens (including phenoxy) is 1. The van der Waals surface area contributed by atoms with E-state index in [9.17, 15) is 8.42 Å². The lowest BCUT2D eigenvalue weighted by atomic mass is 9.79. The fourth-order valence-electron chi connectivity index (χ4n) is 5.14. The summed E-state index contributed by atoms with van der Waals surface area (Å²) in [6, 6.07) is 2.86. The molecule has 0 unspecified atom stereocenters. The van der Waals surface area contributed by atoms with Gasteiger partial charge >= 0.3 is 0 Å². The lowest BCUT2D eigenvalue weighted by molar-refractivity contribution is -0.112. The molecule has 170 valence electrons. The molecule has 0 radical (unpaired) electrons. The van der Waals surface area contributed by atoms with Crippen LogP contribution in [0.1, 0.15) is 53.7 Å². The van der Waals surface area contributed by atoms with Crippen LogP contribution >= 0.6 is 11.3 Å². The molecule has 3 aliphatic heterocycles. The zero-order valence-electron chi connectivity index (χ0n) is 18.5. The van der Waals surface area contributed by atoms with Crippen molar-refractivity contribution in [1.29, 1.82) is 0 Å². The lowest BCUT2D eigenvalue weighted by Crippen LogP contribution is -2.50. The van der Waals surface area contributed by atoms with Gasteiger partial charge in [-0.15, -0.1) is 16.4 Å². The topological polar surface area (TPSA) is 80.6 Å². The van der Waals surface area contributed by atoms with Crippen LogP contribution in [0.15, 0.2) is 12.3 Å². The summed E-state index contributed by atoms with van der Waals surface area (Å²) in [5.74, 6) is 0. The zero-order chi connectivity index (χ0) is 21.8. The van der Waals surface area contributed by atoms with Crippen molar-refractivity contribution in [3.05, 3.63) is 33.3 Å². The van der Waals surface area contributed by atoms with Crippen molar-refractivity contribution < 1.29 is 13.2 Å². The van der Waals surface area contributed by atoms with Crippen LogP contribution in [-0.4, -0.2) is 71.2 Å². The number of aryl methyl sites for hydroxylation is 1. The average Bonchev–Trinajstić information content (AvgIpc) is 3.29. The minimum absolute atomic E-state index is 0.0819. The Bertz CT molecular complexity index is 1060. The van der Waals surface area contributed by atoms with Gasteiger partial charge in [0.05, 0.1) is 36.4 Å². The average molecular weight is 466 g/mol. The quantitative estimate of drug-likeness (QED) is 0.673. The van der Waals surface area contributed by atoms with Crippen LogP contribution in [0.25, 0.3) is 0 Å². The van der Waals surface area contributed by atoms with Crippen molar-refractivity contribution in [3.63, 3.8) is 0 Å². The van der Waals surface area contributed by atoms with E-state index >= 15 is 0 Å². The predicted molar refractivity (Wildman–Crippen MR) is 120 cm³/mol. The SMILES string of the molecule is CCc1cc2c(s1)CCO[C@@]21CCN(Cc2cn(C3CN(S(C)(=O)=O)C3)nn2)[C@@H](C)C1. The molecule has 5 heterocycles. The molecule has 2 aromatic rings. The summed E-state index contributed by atoms with van der Waals surface area (Å²) in [5.41, 5.74) is 2.25. The van der Waals surface area contributed by atoms with Gasteiger partial charge < -0.3 is 4.74 Å². The van der Waals surface area contributed by atoms with Gasteiger partial charge in [-0.05, 0) is 37.8 Å². The van der Waals surface area contributed by atoms with Gasteiger partial charge in [0.15, 0.2) is 0 Å². The number of piperidine rings is 1. The van der Waals surface area contributed by atoms with Gasteiger partial charge in [-0.3, -0.25) is 4.90 Å². The summed E-state index contributed by atoms with van der Waals surface area (Å²) >= 11 is 1.97. The standard InChI is InChI=1S/C21H31N5O3S2/c1-4-18-9-19-20(30-18)5-8-29-21(19)6-7-24(15(2)10-21)11-16-12-26(23-22-16)17-13-25(14-17)31(3,27)28/h9,12,15,17H,4-8,10-11,13-14H2,1-3H3/t15-,21+/m0/s1. The van der Waals surface area contributed by atoms with Crippen LogP contribution < -0.4 is 0 Å². The lowest BCUT2D eigenvalue weighted by Gasteiger charge is -2.47. The molecule has 0 aromatic carbocycles. The third kappa shape index (κ3) is 3.97. The molecule has 10 heteroatoms. The van der Waals surface area contributed by atoms with E-state index in [1.807, 2.05) is 22.2 Å². The van der Waals surface area contributed by atoms with E-state index in [1.54, 1.807) is 0 Å². The molecule has 2 atom stereocenters. The molecule has 5 rings (SSSR count). The van der Waals surface area contributed by atoms with Crippen LogP contribution in [0.5, 0.6) is 0 Å². The van der Waals surface area contributed by atoms with Crippen molar-refractivity contribution in [1.82, 2.24) is 24.2 Å². The van der Waals surface area contributed by atoms with Gasteiger partial charge in [0.25, 0.3) is 0 Å². The van der Waals surface area contributed by atoms with Gasteiger partial charge in [-0.1, -0.05) is 12.1 Å². The van der Waals surface area contributed by atoms with E-state index in [0.717, 1.165) is 51.1 Å². The van der Waals surface area contributed by atoms with Gasteiger partial charge in [-0.2, -0.15) is 4.31 Å². The number of thiophene rings is 1. The molecular formula is C21H31N5O3S2. The van der Waals surface area contributed by atoms with E-state index in [0.29, 0.717) is 19.1 Å². The third-order valence-corrected chi connectivity index (χ3v) is 9.63. The van der Waals surface area contributed by atoms with Crippen molar-refractivity contribution in [2.75, 3.05) is 32.5 Å². The maximum atomic E-state index is 11.6. The zero-order valence-corrected chi connectivity index (χ0v) is 20.1. The maximum Gasteiger partial charge on any atom is 0.211 e. The molecule has 0 bridgehead atoms. The Morgan fingerprint density at radius 1 is 1.35 bits per heavy atom. The first-order valence-corrected chi connectivity index (χ1v) is 13.8. The Kier molecular flexibility index (Phi) is 5.49. The van der Waals surface area contributed by atoms with Crippen molar-refractivity contribution in [3.8, 4) is 0 Å². The smallest absolute Gasteiger partial charge is 0.211 e. The first-order valence-electron chi connectivity index (χ1n) is 11.1. The van der Waals surface area contributed by atoms with Crippen LogP contribution in [0.3, 0.4) is 0 Å². The van der Waals surface area contributed by atoms with E-state index in [2.05, 4.69) is 35.1 Å². The third-order valence-electron chi connectivity index (χ3n) is 7.05. The molecule has 2 saturated heterocycles. The van der Waals surface area contributed by atoms with Gasteiger partial charge in [0.2, 0.25) is 10.0 Å². The molecule has 2 aromatic heterocycles. The second kappa shape index (κ2) is 7.91. The molecule has 0 N–H and O–H groups in total. The molecule has 31 heavy (non-hydrogen) atoms. The minimum atomic E-state index is -3.11. The first kappa shape index (κ1) is 21.5. The number of likely N-dealkylation sites (tertiary alicyclic amines) is 1. The summed E-state index contributed by atoms with van der Waals surface area (Å²) in [6.07, 6.45) is 7.36. The Balaban J connectivity index is 1.23. The molecule has 0 aliphatic carbocycles. The molecule has 8 nitrogen and oxygen atoms in total. The largest absolute Gasteiger partial charge is 0.370 e. The molecule has 2 fully saturated rings. The summed E-state index contributed by atoms with van der Waals surface area (Å²) in [6.45, 7) is 8.02. The highest BCUT2D eigenvalue weighted by Gasteiger charge is 2.44. The van der Waals surface area contributed by atoms with Crippen molar-refractivity contribution >= 4 is 21.4 Å². The second-order valence-corrected chi connectivity index (χ2v) is 12.4. The van der Waals surface area contributed by atoms with E-state index < -0.39 is 10.0 Å². The molecule has 1 spiro atoms. The number of aromatic nitrogens is 3. The highest BCUT2D eigenvalue weighted by molar-refractivity contribution is 7.88. The monoisotopic (exact) mass is 465 g/mol. The highest BCUT2D eigenvalue weighted by atomic mass is 32.2. The van der Waals surface area contributed by atoms with Crippen molar-refractivity contribution in [2.45, 2.75) is 63.8 Å². The number of nitrogens with zero attached hydrogens (tertiary/aromatic N) is 5. The minimum Gasteiger partial charge on any atom is -0.370 e. The van der Waals surface area contributed by atoms with Gasteiger partial charge in [0.1, 0.15) is 0 Å². The van der Waals surface area contributed by atoms with E-state index in [1.165, 1.54) is 25.9 Å². The molecule has 3 aliphatic rings. The Morgan fingerprint density at radius 3 is 2.87 bits per heavy atom. The number of hydrogen-bond acceptors (Lipinski definition) is 7. The highest BCUT2D eigenvalue weighted by Crippen LogP contribution is 2.46. The predicted octanol–water partition coefficient (Wildman–Crippen LogP) is 2.17. The number of sulfonamides is 1. The van der Waals surface area contributed by atoms with Crippen LogP contribution in [0.2, 0.25) is 0 Å². The van der Waals surface area contributed by atoms with Gasteiger partial charge in [0, 0.05) is 48.4 Å². The number of rotatable bonds is 5. The first-order chi connectivity index (χ1) is 14.8. The molecular weight excluding hydrogens is 434 g/mol. The van der Waals surface area contributed by atoms with Crippen LogP contribution in [-0.2, 0) is 39.7 Å².